The Balaban J connectivity index is 0.000000181. The second-order valence-electron chi connectivity index (χ2n) is 13.2. The molecular weight excluding hydrogens is 547 g/mol. The third-order valence-corrected chi connectivity index (χ3v) is 11.1. The van der Waals surface area contributed by atoms with Crippen LogP contribution < -0.4 is 11.2 Å². The molecule has 4 fully saturated rings. The minimum absolute atomic E-state index is 0.0383. The first-order valence-electron chi connectivity index (χ1n) is 15.3. The number of aliphatic hydroxyl groups excluding tert-OH is 2. The van der Waals surface area contributed by atoms with Crippen molar-refractivity contribution in [2.45, 2.75) is 110 Å². The summed E-state index contributed by atoms with van der Waals surface area (Å²) in [5.41, 5.74) is -0.110. The normalized spacial score (nSPS) is 38.9. The van der Waals surface area contributed by atoms with Crippen LogP contribution in [0.2, 0.25) is 0 Å². The maximum absolute atomic E-state index is 13.0. The van der Waals surface area contributed by atoms with Crippen molar-refractivity contribution in [2.75, 3.05) is 6.61 Å². The Hall–Kier alpha value is -2.63. The molecule has 4 aliphatic carbocycles. The first-order valence-corrected chi connectivity index (χ1v) is 15.3. The summed E-state index contributed by atoms with van der Waals surface area (Å²) < 4.78 is 24.9. The third-order valence-electron chi connectivity index (χ3n) is 11.1. The molecule has 1 saturated heterocycles. The van der Waals surface area contributed by atoms with E-state index in [9.17, 15) is 28.7 Å². The minimum atomic E-state index is -1.12. The van der Waals surface area contributed by atoms with Crippen molar-refractivity contribution in [2.24, 2.45) is 28.6 Å². The van der Waals surface area contributed by atoms with Gasteiger partial charge in [0.2, 0.25) is 5.82 Å². The number of esters is 1. The summed E-state index contributed by atoms with van der Waals surface area (Å²) in [6.45, 7) is 6.29. The van der Waals surface area contributed by atoms with Crippen LogP contribution in [0.3, 0.4) is 0 Å². The number of halogens is 1. The lowest BCUT2D eigenvalue weighted by Crippen LogP contribution is -2.51. The van der Waals surface area contributed by atoms with E-state index < -0.39 is 42.1 Å². The average molecular weight is 591 g/mol. The van der Waals surface area contributed by atoms with Crippen LogP contribution in [-0.4, -0.2) is 56.4 Å². The van der Waals surface area contributed by atoms with E-state index in [4.69, 9.17) is 14.6 Å². The summed E-state index contributed by atoms with van der Waals surface area (Å²) in [4.78, 5) is 47.8. The molecule has 10 nitrogen and oxygen atoms in total. The number of carbonyl (C=O) groups is 2. The first-order chi connectivity index (χ1) is 19.9. The molecule has 232 valence electrons. The topological polar surface area (TPSA) is 148 Å². The lowest BCUT2D eigenvalue weighted by atomic mass is 9.47. The molecule has 1 aromatic heterocycles. The number of allylic oxidation sites excluding steroid dienone is 1. The average Bonchev–Trinajstić information content (AvgIpc) is 3.50. The van der Waals surface area contributed by atoms with Crippen LogP contribution >= 0.6 is 0 Å². The van der Waals surface area contributed by atoms with E-state index in [1.54, 1.807) is 4.98 Å². The molecule has 0 radical (unpaired) electrons. The number of rotatable bonds is 4. The Kier molecular flexibility index (Phi) is 8.66. The number of H-pyrrole nitrogens is 1. The Labute approximate surface area is 244 Å². The summed E-state index contributed by atoms with van der Waals surface area (Å²) in [6.07, 6.45) is 9.37. The van der Waals surface area contributed by atoms with E-state index >= 15 is 0 Å². The van der Waals surface area contributed by atoms with Crippen LogP contribution in [0, 0.1) is 34.4 Å². The molecular formula is C31H43FN2O8. The van der Waals surface area contributed by atoms with Crippen molar-refractivity contribution < 1.29 is 33.7 Å². The molecule has 3 saturated carbocycles. The Morgan fingerprint density at radius 2 is 1.90 bits per heavy atom. The molecule has 6 rings (SSSR count). The van der Waals surface area contributed by atoms with E-state index in [1.807, 2.05) is 13.0 Å². The smallest absolute Gasteiger partial charge is 0.330 e. The van der Waals surface area contributed by atoms with Gasteiger partial charge < -0.3 is 19.7 Å². The number of aliphatic hydroxyl groups is 2. The third kappa shape index (κ3) is 5.43. The second kappa shape index (κ2) is 11.8. The molecule has 11 heteroatoms. The van der Waals surface area contributed by atoms with Gasteiger partial charge in [0.15, 0.2) is 5.78 Å². The predicted octanol–water partition coefficient (Wildman–Crippen LogP) is 3.16. The fourth-order valence-corrected chi connectivity index (χ4v) is 8.67. The quantitative estimate of drug-likeness (QED) is 0.453. The fourth-order valence-electron chi connectivity index (χ4n) is 8.67. The summed E-state index contributed by atoms with van der Waals surface area (Å²) in [5, 5.41) is 18.3. The number of ketones is 1. The van der Waals surface area contributed by atoms with Crippen LogP contribution in [-0.2, 0) is 19.1 Å². The number of aromatic nitrogens is 2. The van der Waals surface area contributed by atoms with E-state index in [-0.39, 0.29) is 29.3 Å². The predicted molar refractivity (Wildman–Crippen MR) is 150 cm³/mol. The zero-order chi connectivity index (χ0) is 30.4. The van der Waals surface area contributed by atoms with Crippen molar-refractivity contribution in [1.29, 1.82) is 0 Å². The number of aromatic amines is 1. The van der Waals surface area contributed by atoms with Gasteiger partial charge in [-0.25, -0.2) is 4.79 Å². The minimum Gasteiger partial charge on any atom is -0.462 e. The maximum atomic E-state index is 13.0. The molecule has 1 aromatic rings. The van der Waals surface area contributed by atoms with Crippen LogP contribution in [0.25, 0.3) is 0 Å². The van der Waals surface area contributed by atoms with Crippen molar-refractivity contribution in [1.82, 2.24) is 9.55 Å². The number of hydrogen-bond acceptors (Lipinski definition) is 8. The zero-order valence-corrected chi connectivity index (χ0v) is 24.6. The van der Waals surface area contributed by atoms with Gasteiger partial charge in [0.25, 0.3) is 5.56 Å². The van der Waals surface area contributed by atoms with Crippen LogP contribution in [0.15, 0.2) is 27.4 Å². The highest BCUT2D eigenvalue weighted by Crippen LogP contribution is 2.65. The number of hydrogen-bond donors (Lipinski definition) is 3. The monoisotopic (exact) mass is 590 g/mol. The van der Waals surface area contributed by atoms with Gasteiger partial charge >= 0.3 is 11.7 Å². The van der Waals surface area contributed by atoms with Crippen molar-refractivity contribution in [3.8, 4) is 0 Å². The summed E-state index contributed by atoms with van der Waals surface area (Å²) >= 11 is 0. The van der Waals surface area contributed by atoms with Crippen molar-refractivity contribution in [3.63, 3.8) is 0 Å². The van der Waals surface area contributed by atoms with Gasteiger partial charge in [-0.1, -0.05) is 26.3 Å². The lowest BCUT2D eigenvalue weighted by molar-refractivity contribution is -0.159. The molecule has 3 N–H and O–H groups in total. The zero-order valence-electron chi connectivity index (χ0n) is 24.6. The summed E-state index contributed by atoms with van der Waals surface area (Å²) in [5.74, 6) is 1.30. The van der Waals surface area contributed by atoms with Gasteiger partial charge in [-0.2, -0.15) is 4.39 Å². The SMILES string of the molecule is CCC(=O)O[C@H]1CC[C@H]2[C@@H]3CCC4=CC(=O)CC[C@]4(C)[C@H]3CC[C@]12C.O=c1[nH]c(=O)n([C@H]2C[C@H](O)[C@@H](CO)O2)cc1F. The van der Waals surface area contributed by atoms with Crippen LogP contribution in [0.5, 0.6) is 0 Å². The highest BCUT2D eigenvalue weighted by Gasteiger charge is 2.59. The lowest BCUT2D eigenvalue weighted by Gasteiger charge is -2.57. The molecule has 5 aliphatic rings. The highest BCUT2D eigenvalue weighted by molar-refractivity contribution is 5.91. The molecule has 0 unspecified atom stereocenters. The van der Waals surface area contributed by atoms with Gasteiger partial charge in [0, 0.05) is 24.7 Å². The number of ether oxygens (including phenoxy) is 2. The maximum Gasteiger partial charge on any atom is 0.330 e. The van der Waals surface area contributed by atoms with Crippen LogP contribution in [0.1, 0.15) is 91.2 Å². The molecule has 9 atom stereocenters. The van der Waals surface area contributed by atoms with Crippen molar-refractivity contribution in [3.05, 3.63) is 44.5 Å². The van der Waals surface area contributed by atoms with Gasteiger partial charge in [-0.05, 0) is 74.2 Å². The van der Waals surface area contributed by atoms with Gasteiger partial charge in [-0.15, -0.1) is 0 Å². The fraction of sp³-hybridized carbons (Fsp3) is 0.742. The van der Waals surface area contributed by atoms with Crippen molar-refractivity contribution >= 4 is 11.8 Å². The number of carbonyl (C=O) groups excluding carboxylic acids is 2. The highest BCUT2D eigenvalue weighted by atomic mass is 19.1. The standard InChI is InChI=1S/C22H32O3.C9H11FN2O5/c1-4-20(24)25-19-8-7-17-16-6-5-14-13-15(23)9-11-21(14,2)18(16)10-12-22(17,19)3;10-4-2-12(9(16)11-8(4)15)7-1-5(14)6(3-13)17-7/h13,16-19H,4-12H2,1-3H3;2,5-7,13-14H,1,3H2,(H,11,15,16)/t16-,17-,18-,19-,21-,22-;5-,6+,7+/m00/s1. The largest absolute Gasteiger partial charge is 0.462 e. The number of nitrogens with one attached hydrogen (secondary N) is 1. The van der Waals surface area contributed by atoms with E-state index in [1.165, 1.54) is 24.8 Å². The van der Waals surface area contributed by atoms with Gasteiger partial charge in [-0.3, -0.25) is 23.9 Å². The second-order valence-corrected chi connectivity index (χ2v) is 13.2. The Morgan fingerprint density at radius 1 is 1.14 bits per heavy atom. The first kappa shape index (κ1) is 30.8. The number of fused-ring (bicyclic) bond motifs is 5. The molecule has 2 heterocycles. The van der Waals surface area contributed by atoms with E-state index in [2.05, 4.69) is 13.8 Å². The molecule has 0 bridgehead atoms. The summed E-state index contributed by atoms with van der Waals surface area (Å²) in [7, 11) is 0. The molecule has 0 amide bonds. The van der Waals surface area contributed by atoms with Crippen LogP contribution in [0.4, 0.5) is 4.39 Å². The van der Waals surface area contributed by atoms with E-state index in [0.29, 0.717) is 24.0 Å². The van der Waals surface area contributed by atoms with E-state index in [0.717, 1.165) is 48.8 Å². The Bertz CT molecular complexity index is 1350. The number of nitrogens with zero attached hydrogens (tertiary/aromatic N) is 1. The molecule has 1 aliphatic heterocycles. The van der Waals surface area contributed by atoms with Gasteiger partial charge in [0.05, 0.1) is 18.9 Å². The molecule has 0 aromatic carbocycles. The molecule has 42 heavy (non-hydrogen) atoms. The summed E-state index contributed by atoms with van der Waals surface area (Å²) in [6, 6.07) is 0. The Morgan fingerprint density at radius 3 is 2.60 bits per heavy atom. The van der Waals surface area contributed by atoms with Gasteiger partial charge in [0.1, 0.15) is 18.4 Å². The molecule has 0 spiro atoms.